The van der Waals surface area contributed by atoms with Gasteiger partial charge in [0.15, 0.2) is 11.6 Å². The Labute approximate surface area is 144 Å². The molecule has 6 heteroatoms. The van der Waals surface area contributed by atoms with Crippen LogP contribution in [0.15, 0.2) is 36.4 Å². The summed E-state index contributed by atoms with van der Waals surface area (Å²) in [7, 11) is 0. The predicted octanol–water partition coefficient (Wildman–Crippen LogP) is 3.86. The number of nitrogens with zero attached hydrogens (tertiary/aromatic N) is 2. The highest BCUT2D eigenvalue weighted by atomic mass is 35.5. The summed E-state index contributed by atoms with van der Waals surface area (Å²) in [5, 5.41) is 12.6. The summed E-state index contributed by atoms with van der Waals surface area (Å²) in [6.07, 6.45) is 0.897. The molecule has 0 spiro atoms. The van der Waals surface area contributed by atoms with Gasteiger partial charge in [-0.1, -0.05) is 23.7 Å². The molecule has 0 bridgehead atoms. The van der Waals surface area contributed by atoms with Gasteiger partial charge in [0.05, 0.1) is 10.6 Å². The first-order valence-corrected chi connectivity index (χ1v) is 8.08. The fourth-order valence-electron chi connectivity index (χ4n) is 2.96. The van der Waals surface area contributed by atoms with Crippen LogP contribution in [0.1, 0.15) is 17.5 Å². The summed E-state index contributed by atoms with van der Waals surface area (Å²) in [4.78, 5) is 2.00. The van der Waals surface area contributed by atoms with Crippen molar-refractivity contribution in [3.8, 4) is 6.07 Å². The molecule has 3 nitrogen and oxygen atoms in total. The molecule has 0 aromatic heterocycles. The van der Waals surface area contributed by atoms with E-state index in [1.165, 1.54) is 6.07 Å². The van der Waals surface area contributed by atoms with Crippen molar-refractivity contribution in [3.63, 3.8) is 0 Å². The molecule has 24 heavy (non-hydrogen) atoms. The van der Waals surface area contributed by atoms with E-state index in [1.807, 2.05) is 11.0 Å². The number of rotatable bonds is 4. The van der Waals surface area contributed by atoms with Crippen LogP contribution in [0.25, 0.3) is 0 Å². The van der Waals surface area contributed by atoms with E-state index in [0.29, 0.717) is 16.1 Å². The lowest BCUT2D eigenvalue weighted by Crippen LogP contribution is -2.36. The van der Waals surface area contributed by atoms with Crippen molar-refractivity contribution in [1.29, 1.82) is 5.26 Å². The summed E-state index contributed by atoms with van der Waals surface area (Å²) >= 11 is 6.14. The topological polar surface area (TPSA) is 39.1 Å². The van der Waals surface area contributed by atoms with Crippen molar-refractivity contribution >= 4 is 17.3 Å². The summed E-state index contributed by atoms with van der Waals surface area (Å²) in [5.41, 5.74) is 1.47. The second-order valence-corrected chi connectivity index (χ2v) is 6.17. The average molecular weight is 348 g/mol. The van der Waals surface area contributed by atoms with Gasteiger partial charge in [0.25, 0.3) is 0 Å². The van der Waals surface area contributed by atoms with E-state index in [2.05, 4.69) is 5.32 Å². The third-order valence-electron chi connectivity index (χ3n) is 4.25. The highest BCUT2D eigenvalue weighted by Gasteiger charge is 2.24. The van der Waals surface area contributed by atoms with Crippen molar-refractivity contribution in [3.05, 3.63) is 64.2 Å². The Hall–Kier alpha value is -2.16. The van der Waals surface area contributed by atoms with Crippen LogP contribution in [0.4, 0.5) is 14.5 Å². The third-order valence-corrected chi connectivity index (χ3v) is 4.56. The molecular formula is C18H16ClF2N3. The van der Waals surface area contributed by atoms with Gasteiger partial charge in [-0.15, -0.1) is 0 Å². The first-order chi connectivity index (χ1) is 11.6. The monoisotopic (exact) mass is 347 g/mol. The molecule has 2 aromatic carbocycles. The van der Waals surface area contributed by atoms with Gasteiger partial charge in [-0.2, -0.15) is 5.26 Å². The number of nitrogens with one attached hydrogen (secondary N) is 1. The Morgan fingerprint density at radius 2 is 2.12 bits per heavy atom. The number of nitriles is 1. The number of halogens is 3. The molecule has 0 saturated carbocycles. The molecule has 2 aromatic rings. The molecule has 1 atom stereocenters. The van der Waals surface area contributed by atoms with Gasteiger partial charge in [0, 0.05) is 30.4 Å². The molecule has 1 heterocycles. The molecule has 0 aliphatic carbocycles. The van der Waals surface area contributed by atoms with Gasteiger partial charge in [-0.3, -0.25) is 0 Å². The van der Waals surface area contributed by atoms with Crippen LogP contribution >= 0.6 is 11.6 Å². The maximum Gasteiger partial charge on any atom is 0.163 e. The van der Waals surface area contributed by atoms with Crippen LogP contribution in [0.2, 0.25) is 5.02 Å². The SMILES string of the molecule is N#Cc1ccc(N(Cc2cccc(F)c2F)[C@H]2CCNC2)cc1Cl. The molecule has 124 valence electrons. The van der Waals surface area contributed by atoms with Crippen LogP contribution in [0.5, 0.6) is 0 Å². The van der Waals surface area contributed by atoms with Crippen LogP contribution in [0.3, 0.4) is 0 Å². The van der Waals surface area contributed by atoms with Gasteiger partial charge in [-0.05, 0) is 37.2 Å². The normalized spacial score (nSPS) is 16.8. The van der Waals surface area contributed by atoms with Crippen LogP contribution in [0, 0.1) is 23.0 Å². The summed E-state index contributed by atoms with van der Waals surface area (Å²) < 4.78 is 27.6. The zero-order chi connectivity index (χ0) is 17.1. The average Bonchev–Trinajstić information content (AvgIpc) is 3.10. The van der Waals surface area contributed by atoms with Crippen molar-refractivity contribution in [1.82, 2.24) is 5.32 Å². The standard InChI is InChI=1S/C18H16ClF2N3/c19-16-8-14(5-4-12(16)9-22)24(15-6-7-23-10-15)11-13-2-1-3-17(20)18(13)21/h1-5,8,15,23H,6-7,10-11H2/t15-/m0/s1. The third kappa shape index (κ3) is 3.35. The largest absolute Gasteiger partial charge is 0.363 e. The van der Waals surface area contributed by atoms with Crippen LogP contribution < -0.4 is 10.2 Å². The molecule has 0 unspecified atom stereocenters. The lowest BCUT2D eigenvalue weighted by Gasteiger charge is -2.31. The number of hydrogen-bond acceptors (Lipinski definition) is 3. The Balaban J connectivity index is 1.96. The van der Waals surface area contributed by atoms with E-state index in [9.17, 15) is 8.78 Å². The molecule has 1 aliphatic rings. The van der Waals surface area contributed by atoms with Gasteiger partial charge in [-0.25, -0.2) is 8.78 Å². The summed E-state index contributed by atoms with van der Waals surface area (Å²) in [6.45, 7) is 1.86. The molecule has 1 aliphatic heterocycles. The zero-order valence-corrected chi connectivity index (χ0v) is 13.7. The van der Waals surface area contributed by atoms with E-state index >= 15 is 0 Å². The molecule has 1 saturated heterocycles. The maximum atomic E-state index is 14.1. The second kappa shape index (κ2) is 7.16. The van der Waals surface area contributed by atoms with Gasteiger partial charge >= 0.3 is 0 Å². The van der Waals surface area contributed by atoms with Crippen LogP contribution in [-0.4, -0.2) is 19.1 Å². The molecule has 0 amide bonds. The summed E-state index contributed by atoms with van der Waals surface area (Å²) in [5.74, 6) is -1.68. The van der Waals surface area contributed by atoms with E-state index < -0.39 is 11.6 Å². The van der Waals surface area contributed by atoms with Gasteiger partial charge in [0.1, 0.15) is 6.07 Å². The van der Waals surface area contributed by atoms with Crippen molar-refractivity contribution in [2.45, 2.75) is 19.0 Å². The zero-order valence-electron chi connectivity index (χ0n) is 12.9. The first-order valence-electron chi connectivity index (χ1n) is 7.70. The molecule has 1 N–H and O–H groups in total. The molecule has 1 fully saturated rings. The minimum atomic E-state index is -0.852. The fraction of sp³-hybridized carbons (Fsp3) is 0.278. The Morgan fingerprint density at radius 1 is 1.29 bits per heavy atom. The van der Waals surface area contributed by atoms with E-state index in [-0.39, 0.29) is 12.6 Å². The number of anilines is 1. The first kappa shape index (κ1) is 16.7. The Morgan fingerprint density at radius 3 is 2.79 bits per heavy atom. The number of benzene rings is 2. The lowest BCUT2D eigenvalue weighted by atomic mass is 10.1. The van der Waals surface area contributed by atoms with Crippen LogP contribution in [-0.2, 0) is 6.54 Å². The Kier molecular flexibility index (Phi) is 4.98. The highest BCUT2D eigenvalue weighted by molar-refractivity contribution is 6.32. The van der Waals surface area contributed by atoms with Gasteiger partial charge in [0.2, 0.25) is 0 Å². The van der Waals surface area contributed by atoms with Crippen molar-refractivity contribution in [2.24, 2.45) is 0 Å². The highest BCUT2D eigenvalue weighted by Crippen LogP contribution is 2.28. The minimum Gasteiger partial charge on any atom is -0.363 e. The number of hydrogen-bond donors (Lipinski definition) is 1. The Bertz CT molecular complexity index is 782. The summed E-state index contributed by atoms with van der Waals surface area (Å²) in [6, 6.07) is 11.5. The maximum absolute atomic E-state index is 14.1. The second-order valence-electron chi connectivity index (χ2n) is 5.76. The lowest BCUT2D eigenvalue weighted by molar-refractivity contribution is 0.494. The molecule has 0 radical (unpaired) electrons. The smallest absolute Gasteiger partial charge is 0.163 e. The quantitative estimate of drug-likeness (QED) is 0.912. The van der Waals surface area contributed by atoms with Crippen molar-refractivity contribution < 1.29 is 8.78 Å². The van der Waals surface area contributed by atoms with E-state index in [1.54, 1.807) is 24.3 Å². The van der Waals surface area contributed by atoms with Gasteiger partial charge < -0.3 is 10.2 Å². The fourth-order valence-corrected chi connectivity index (χ4v) is 3.18. The van der Waals surface area contributed by atoms with E-state index in [4.69, 9.17) is 16.9 Å². The van der Waals surface area contributed by atoms with E-state index in [0.717, 1.165) is 31.3 Å². The predicted molar refractivity (Wildman–Crippen MR) is 90.0 cm³/mol. The molecular weight excluding hydrogens is 332 g/mol. The minimum absolute atomic E-state index is 0.150. The van der Waals surface area contributed by atoms with Crippen molar-refractivity contribution in [2.75, 3.05) is 18.0 Å². The molecule has 3 rings (SSSR count).